The fraction of sp³-hybridized carbons (Fsp3) is 0.345. The molecule has 0 saturated carbocycles. The number of carboxylic acids is 2. The lowest BCUT2D eigenvalue weighted by atomic mass is 9.97. The molecular weight excluding hydrogens is 628 g/mol. The fourth-order valence-electron chi connectivity index (χ4n) is 4.43. The van der Waals surface area contributed by atoms with Crippen LogP contribution < -0.4 is 9.47 Å². The molecule has 1 aromatic carbocycles. The Morgan fingerprint density at radius 3 is 2.22 bits per heavy atom. The van der Waals surface area contributed by atoms with E-state index >= 15 is 0 Å². The number of nitrogens with zero attached hydrogens (tertiary/aromatic N) is 5. The Labute approximate surface area is 258 Å². The van der Waals surface area contributed by atoms with Gasteiger partial charge in [0.25, 0.3) is 0 Å². The number of alkyl halides is 6. The quantitative estimate of drug-likeness (QED) is 0.257. The largest absolute Gasteiger partial charge is 0.497 e. The molecule has 1 aliphatic heterocycles. The molecule has 46 heavy (non-hydrogen) atoms. The van der Waals surface area contributed by atoms with Crippen LogP contribution in [0.2, 0.25) is 0 Å². The second-order valence-corrected chi connectivity index (χ2v) is 9.77. The number of methoxy groups -OCH3 is 2. The molecule has 248 valence electrons. The second kappa shape index (κ2) is 15.4. The molecule has 1 aliphatic rings. The van der Waals surface area contributed by atoms with Gasteiger partial charge in [0.05, 0.1) is 14.2 Å². The summed E-state index contributed by atoms with van der Waals surface area (Å²) in [7, 11) is 3.36. The van der Waals surface area contributed by atoms with Crippen LogP contribution >= 0.6 is 0 Å². The molecule has 4 aromatic rings. The molecule has 1 unspecified atom stereocenters. The summed E-state index contributed by atoms with van der Waals surface area (Å²) >= 11 is 0. The standard InChI is InChI=1S/C25H27N5O2.2C2HF3O2/c1-31-22-9-3-6-18(14-22)19-10-11-23-27-24(28-30(23)17-19)20-8-5-13-29(15-20)16-21-7-4-12-26-25(21)32-2;2*3-2(4,5)1(6)7/h3-4,6-7,9-12,14,17,20H,5,8,13,15-16H2,1-2H3;2*(H,6,7). The van der Waals surface area contributed by atoms with Crippen molar-refractivity contribution in [3.05, 3.63) is 72.3 Å². The fourth-order valence-corrected chi connectivity index (χ4v) is 4.43. The highest BCUT2D eigenvalue weighted by molar-refractivity contribution is 5.73. The van der Waals surface area contributed by atoms with Gasteiger partial charge in [-0.3, -0.25) is 4.90 Å². The van der Waals surface area contributed by atoms with Gasteiger partial charge in [-0.05, 0) is 55.3 Å². The van der Waals surface area contributed by atoms with E-state index in [1.165, 1.54) is 0 Å². The monoisotopic (exact) mass is 657 g/mol. The molecule has 1 atom stereocenters. The summed E-state index contributed by atoms with van der Waals surface area (Å²) in [4.78, 5) is 29.4. The Morgan fingerprint density at radius 1 is 0.935 bits per heavy atom. The van der Waals surface area contributed by atoms with E-state index in [9.17, 15) is 26.3 Å². The number of carboxylic acid groups (broad SMARTS) is 2. The lowest BCUT2D eigenvalue weighted by molar-refractivity contribution is -0.193. The van der Waals surface area contributed by atoms with Crippen molar-refractivity contribution < 1.29 is 55.6 Å². The number of halogens is 6. The molecule has 5 rings (SSSR count). The minimum absolute atomic E-state index is 0.312. The Bertz CT molecular complexity index is 1600. The summed E-state index contributed by atoms with van der Waals surface area (Å²) in [6.45, 7) is 2.81. The van der Waals surface area contributed by atoms with E-state index in [0.717, 1.165) is 66.4 Å². The zero-order valence-corrected chi connectivity index (χ0v) is 24.4. The Kier molecular flexibility index (Phi) is 11.9. The molecule has 1 fully saturated rings. The van der Waals surface area contributed by atoms with Crippen molar-refractivity contribution in [1.29, 1.82) is 0 Å². The molecule has 0 amide bonds. The highest BCUT2D eigenvalue weighted by Crippen LogP contribution is 2.29. The molecule has 0 aliphatic carbocycles. The smallest absolute Gasteiger partial charge is 0.490 e. The third-order valence-electron chi connectivity index (χ3n) is 6.54. The minimum Gasteiger partial charge on any atom is -0.497 e. The van der Waals surface area contributed by atoms with Crippen molar-refractivity contribution >= 4 is 17.6 Å². The first kappa shape index (κ1) is 35.5. The number of carbonyl (C=O) groups is 2. The van der Waals surface area contributed by atoms with Gasteiger partial charge >= 0.3 is 24.3 Å². The third kappa shape index (κ3) is 10.0. The van der Waals surface area contributed by atoms with Gasteiger partial charge in [0, 0.05) is 42.5 Å². The lowest BCUT2D eigenvalue weighted by Gasteiger charge is -2.31. The number of piperidine rings is 1. The highest BCUT2D eigenvalue weighted by atomic mass is 19.4. The van der Waals surface area contributed by atoms with Crippen molar-refractivity contribution in [1.82, 2.24) is 24.5 Å². The molecule has 0 spiro atoms. The van der Waals surface area contributed by atoms with Crippen LogP contribution in [0.15, 0.2) is 60.9 Å². The zero-order chi connectivity index (χ0) is 34.1. The number of rotatable bonds is 6. The van der Waals surface area contributed by atoms with Gasteiger partial charge < -0.3 is 19.7 Å². The number of pyridine rings is 2. The van der Waals surface area contributed by atoms with Crippen molar-refractivity contribution in [3.8, 4) is 22.8 Å². The Hall–Kier alpha value is -4.93. The molecule has 0 bridgehead atoms. The van der Waals surface area contributed by atoms with E-state index < -0.39 is 24.3 Å². The normalized spacial score (nSPS) is 15.2. The maximum absolute atomic E-state index is 10.6. The zero-order valence-electron chi connectivity index (χ0n) is 24.4. The first-order chi connectivity index (χ1) is 21.6. The Balaban J connectivity index is 0.000000345. The van der Waals surface area contributed by atoms with E-state index in [2.05, 4.69) is 28.1 Å². The Morgan fingerprint density at radius 2 is 1.61 bits per heavy atom. The van der Waals surface area contributed by atoms with Gasteiger partial charge in [-0.15, -0.1) is 0 Å². The van der Waals surface area contributed by atoms with Crippen molar-refractivity contribution in [2.45, 2.75) is 37.7 Å². The summed E-state index contributed by atoms with van der Waals surface area (Å²) in [6.07, 6.45) is -4.14. The first-order valence-electron chi connectivity index (χ1n) is 13.4. The molecule has 17 heteroatoms. The van der Waals surface area contributed by atoms with Crippen molar-refractivity contribution in [2.24, 2.45) is 0 Å². The SMILES string of the molecule is COc1cccc(-c2ccc3nc(C4CCCN(Cc5cccnc5OC)C4)nn3c2)c1.O=C(O)C(F)(F)F.O=C(O)C(F)(F)F. The van der Waals surface area contributed by atoms with Crippen molar-refractivity contribution in [2.75, 3.05) is 27.3 Å². The van der Waals surface area contributed by atoms with E-state index in [1.807, 2.05) is 41.0 Å². The molecule has 2 N–H and O–H groups in total. The average Bonchev–Trinajstić information content (AvgIpc) is 3.45. The molecule has 3 aromatic heterocycles. The average molecular weight is 658 g/mol. The second-order valence-electron chi connectivity index (χ2n) is 9.77. The summed E-state index contributed by atoms with van der Waals surface area (Å²) in [5.74, 6) is -2.75. The summed E-state index contributed by atoms with van der Waals surface area (Å²) in [5.41, 5.74) is 4.17. The van der Waals surface area contributed by atoms with Crippen LogP contribution in [-0.2, 0) is 16.1 Å². The van der Waals surface area contributed by atoms with Crippen molar-refractivity contribution in [3.63, 3.8) is 0 Å². The van der Waals surface area contributed by atoms with E-state index in [-0.39, 0.29) is 0 Å². The highest BCUT2D eigenvalue weighted by Gasteiger charge is 2.39. The summed E-state index contributed by atoms with van der Waals surface area (Å²) in [6, 6.07) is 16.2. The van der Waals surface area contributed by atoms with Crippen LogP contribution in [0.4, 0.5) is 26.3 Å². The summed E-state index contributed by atoms with van der Waals surface area (Å²) < 4.78 is 76.2. The number of aliphatic carboxylic acids is 2. The molecule has 1 saturated heterocycles. The van der Waals surface area contributed by atoms with Crippen LogP contribution in [0.3, 0.4) is 0 Å². The van der Waals surface area contributed by atoms with Gasteiger partial charge in [-0.2, -0.15) is 31.4 Å². The topological polar surface area (TPSA) is 139 Å². The molecule has 4 heterocycles. The maximum atomic E-state index is 10.6. The number of likely N-dealkylation sites (tertiary alicyclic amines) is 1. The van der Waals surface area contributed by atoms with Gasteiger partial charge in [0.1, 0.15) is 5.75 Å². The van der Waals surface area contributed by atoms with Gasteiger partial charge in [-0.1, -0.05) is 18.2 Å². The van der Waals surface area contributed by atoms with Crippen LogP contribution in [0, 0.1) is 0 Å². The van der Waals surface area contributed by atoms with Crippen LogP contribution in [0.5, 0.6) is 11.6 Å². The number of fused-ring (bicyclic) bond motifs is 1. The minimum atomic E-state index is -5.08. The third-order valence-corrected chi connectivity index (χ3v) is 6.54. The van der Waals surface area contributed by atoms with Gasteiger partial charge in [0.2, 0.25) is 5.88 Å². The van der Waals surface area contributed by atoms with Crippen LogP contribution in [-0.4, -0.2) is 86.3 Å². The molecule has 11 nitrogen and oxygen atoms in total. The van der Waals surface area contributed by atoms with Gasteiger partial charge in [0.15, 0.2) is 11.5 Å². The van der Waals surface area contributed by atoms with Crippen LogP contribution in [0.25, 0.3) is 16.8 Å². The van der Waals surface area contributed by atoms with E-state index in [0.29, 0.717) is 11.8 Å². The number of aromatic nitrogens is 4. The predicted octanol–water partition coefficient (Wildman–Crippen LogP) is 5.45. The maximum Gasteiger partial charge on any atom is 0.490 e. The van der Waals surface area contributed by atoms with E-state index in [1.54, 1.807) is 20.4 Å². The number of hydrogen-bond donors (Lipinski definition) is 2. The van der Waals surface area contributed by atoms with Crippen LogP contribution in [0.1, 0.15) is 30.1 Å². The lowest BCUT2D eigenvalue weighted by Crippen LogP contribution is -2.34. The number of ether oxygens (including phenoxy) is 2. The van der Waals surface area contributed by atoms with E-state index in [4.69, 9.17) is 39.4 Å². The summed E-state index contributed by atoms with van der Waals surface area (Å²) in [5, 5.41) is 19.1. The van der Waals surface area contributed by atoms with Gasteiger partial charge in [-0.25, -0.2) is 24.1 Å². The number of benzene rings is 1. The first-order valence-corrected chi connectivity index (χ1v) is 13.4. The number of hydrogen-bond acceptors (Lipinski definition) is 8. The predicted molar refractivity (Wildman–Crippen MR) is 150 cm³/mol. The molecular formula is C29H29F6N5O6. The molecule has 0 radical (unpaired) electrons.